The number of aliphatic imine (C=N–C) groups is 2. The van der Waals surface area contributed by atoms with Gasteiger partial charge < -0.3 is 16.0 Å². The number of ketones is 1. The van der Waals surface area contributed by atoms with E-state index in [4.69, 9.17) is 5.73 Å². The topological polar surface area (TPSA) is 117 Å². The van der Waals surface area contributed by atoms with E-state index in [1.54, 1.807) is 31.2 Å². The molecule has 0 aromatic heterocycles. The summed E-state index contributed by atoms with van der Waals surface area (Å²) in [7, 11) is 0. The molecule has 0 spiro atoms. The summed E-state index contributed by atoms with van der Waals surface area (Å²) < 4.78 is 0. The fourth-order valence-corrected chi connectivity index (χ4v) is 3.46. The van der Waals surface area contributed by atoms with E-state index in [9.17, 15) is 14.4 Å². The van der Waals surface area contributed by atoms with E-state index in [2.05, 4.69) is 21.9 Å². The van der Waals surface area contributed by atoms with E-state index >= 15 is 0 Å². The minimum Gasteiger partial charge on any atom is -0.387 e. The molecule has 3 N–H and O–H groups in total. The Hall–Kier alpha value is -3.81. The highest BCUT2D eigenvalue weighted by Gasteiger charge is 2.21. The molecule has 8 heteroatoms. The smallest absolute Gasteiger partial charge is 0.255 e. The number of amides is 2. The van der Waals surface area contributed by atoms with E-state index in [1.807, 2.05) is 18.7 Å². The lowest BCUT2D eigenvalue weighted by molar-refractivity contribution is -0.127. The van der Waals surface area contributed by atoms with E-state index < -0.39 is 0 Å². The summed E-state index contributed by atoms with van der Waals surface area (Å²) in [5.41, 5.74) is 8.99. The third-order valence-electron chi connectivity index (χ3n) is 5.07. The maximum Gasteiger partial charge on any atom is 0.255 e. The van der Waals surface area contributed by atoms with Gasteiger partial charge in [0.05, 0.1) is 5.69 Å². The molecule has 0 saturated carbocycles. The average molecular weight is 464 g/mol. The summed E-state index contributed by atoms with van der Waals surface area (Å²) in [5.74, 6) is -0.298. The first-order valence-electron chi connectivity index (χ1n) is 11.4. The zero-order valence-corrected chi connectivity index (χ0v) is 20.4. The fourth-order valence-electron chi connectivity index (χ4n) is 3.46. The van der Waals surface area contributed by atoms with Crippen LogP contribution in [-0.4, -0.2) is 47.1 Å². The van der Waals surface area contributed by atoms with Crippen molar-refractivity contribution in [2.24, 2.45) is 15.7 Å². The van der Waals surface area contributed by atoms with Gasteiger partial charge in [0, 0.05) is 55.0 Å². The summed E-state index contributed by atoms with van der Waals surface area (Å²) in [6, 6.07) is 5.06. The Balaban J connectivity index is 2.29. The van der Waals surface area contributed by atoms with Crippen molar-refractivity contribution in [3.63, 3.8) is 0 Å². The molecule has 0 fully saturated rings. The van der Waals surface area contributed by atoms with Crippen molar-refractivity contribution in [1.82, 2.24) is 10.2 Å². The molecule has 0 atom stereocenters. The molecule has 2 rings (SSSR count). The lowest BCUT2D eigenvalue weighted by Gasteiger charge is -2.22. The largest absolute Gasteiger partial charge is 0.387 e. The predicted octanol–water partition coefficient (Wildman–Crippen LogP) is 3.92. The number of nitrogens with one attached hydrogen (secondary N) is 1. The van der Waals surface area contributed by atoms with E-state index in [0.29, 0.717) is 41.4 Å². The van der Waals surface area contributed by atoms with Gasteiger partial charge in [-0.2, -0.15) is 0 Å². The van der Waals surface area contributed by atoms with Gasteiger partial charge in [0.2, 0.25) is 5.91 Å². The van der Waals surface area contributed by atoms with Crippen molar-refractivity contribution in [2.75, 3.05) is 13.1 Å². The number of carbonyl (C=O) groups excluding carboxylic acids is 3. The van der Waals surface area contributed by atoms with Gasteiger partial charge in [-0.15, -0.1) is 0 Å². The SMILES string of the molecule is C=C/C(=N\C=C(/C)NC(=O)c1ccc2c(c1)N=C(N)CC(C(=O)N(CCC)CCC)=C2)C(C)=O. The third-order valence-corrected chi connectivity index (χ3v) is 5.07. The summed E-state index contributed by atoms with van der Waals surface area (Å²) in [6.07, 6.45) is 6.56. The lowest BCUT2D eigenvalue weighted by atomic mass is 10.0. The number of nitrogens with zero attached hydrogens (tertiary/aromatic N) is 3. The zero-order valence-electron chi connectivity index (χ0n) is 20.4. The number of hydrogen-bond acceptors (Lipinski definition) is 6. The predicted molar refractivity (Wildman–Crippen MR) is 137 cm³/mol. The van der Waals surface area contributed by atoms with Crippen LogP contribution in [0.2, 0.25) is 0 Å². The molecule has 1 aliphatic heterocycles. The molecule has 0 radical (unpaired) electrons. The number of carbonyl (C=O) groups is 3. The first kappa shape index (κ1) is 26.4. The van der Waals surface area contributed by atoms with Gasteiger partial charge in [-0.05, 0) is 44.1 Å². The summed E-state index contributed by atoms with van der Waals surface area (Å²) in [6.45, 7) is 12.1. The first-order chi connectivity index (χ1) is 16.2. The summed E-state index contributed by atoms with van der Waals surface area (Å²) in [5, 5.41) is 2.73. The average Bonchev–Trinajstić information content (AvgIpc) is 2.95. The zero-order chi connectivity index (χ0) is 25.3. The lowest BCUT2D eigenvalue weighted by Crippen LogP contribution is -2.34. The number of allylic oxidation sites excluding steroid dienone is 2. The number of fused-ring (bicyclic) bond motifs is 1. The van der Waals surface area contributed by atoms with Crippen molar-refractivity contribution >= 4 is 40.9 Å². The maximum absolute atomic E-state index is 13.1. The normalized spacial score (nSPS) is 13.8. The fraction of sp³-hybridized carbons (Fsp3) is 0.346. The second-order valence-corrected chi connectivity index (χ2v) is 8.06. The van der Waals surface area contributed by atoms with Gasteiger partial charge in [-0.25, -0.2) is 4.99 Å². The minimum absolute atomic E-state index is 0.0395. The van der Waals surface area contributed by atoms with Crippen LogP contribution in [0.25, 0.3) is 6.08 Å². The molecule has 0 saturated heterocycles. The Kier molecular flexibility index (Phi) is 9.67. The van der Waals surface area contributed by atoms with Crippen molar-refractivity contribution in [1.29, 1.82) is 0 Å². The van der Waals surface area contributed by atoms with E-state index in [0.717, 1.165) is 18.4 Å². The Morgan fingerprint density at radius 2 is 1.88 bits per heavy atom. The first-order valence-corrected chi connectivity index (χ1v) is 11.4. The van der Waals surface area contributed by atoms with Crippen LogP contribution < -0.4 is 11.1 Å². The van der Waals surface area contributed by atoms with Crippen LogP contribution in [-0.2, 0) is 9.59 Å². The molecule has 1 aliphatic rings. The maximum atomic E-state index is 13.1. The molecule has 180 valence electrons. The second-order valence-electron chi connectivity index (χ2n) is 8.06. The Bertz CT molecular complexity index is 1090. The Labute approximate surface area is 201 Å². The van der Waals surface area contributed by atoms with Crippen LogP contribution in [0.5, 0.6) is 0 Å². The number of Topliss-reactive ketones (excluding diaryl/α,β-unsaturated/α-hetero) is 1. The summed E-state index contributed by atoms with van der Waals surface area (Å²) >= 11 is 0. The molecule has 8 nitrogen and oxygen atoms in total. The van der Waals surface area contributed by atoms with Crippen LogP contribution in [0, 0.1) is 0 Å². The number of benzene rings is 1. The monoisotopic (exact) mass is 463 g/mol. The highest BCUT2D eigenvalue weighted by atomic mass is 16.2. The molecule has 1 aromatic rings. The summed E-state index contributed by atoms with van der Waals surface area (Å²) in [4.78, 5) is 47.6. The molecule has 1 aromatic carbocycles. The van der Waals surface area contributed by atoms with Gasteiger partial charge in [-0.3, -0.25) is 19.4 Å². The molecular formula is C26H33N5O3. The highest BCUT2D eigenvalue weighted by molar-refractivity contribution is 6.43. The molecule has 34 heavy (non-hydrogen) atoms. The molecular weight excluding hydrogens is 430 g/mol. The van der Waals surface area contributed by atoms with Crippen LogP contribution in [0.1, 0.15) is 62.9 Å². The Morgan fingerprint density at radius 3 is 2.47 bits per heavy atom. The molecule has 1 heterocycles. The molecule has 0 aliphatic carbocycles. The van der Waals surface area contributed by atoms with Crippen LogP contribution >= 0.6 is 0 Å². The van der Waals surface area contributed by atoms with E-state index in [-0.39, 0.29) is 29.7 Å². The quantitative estimate of drug-likeness (QED) is 0.511. The van der Waals surface area contributed by atoms with Gasteiger partial charge in [0.1, 0.15) is 11.5 Å². The van der Waals surface area contributed by atoms with E-state index in [1.165, 1.54) is 19.2 Å². The van der Waals surface area contributed by atoms with Crippen LogP contribution in [0.15, 0.2) is 58.3 Å². The van der Waals surface area contributed by atoms with Crippen LogP contribution in [0.3, 0.4) is 0 Å². The van der Waals surface area contributed by atoms with Gasteiger partial charge in [0.25, 0.3) is 5.91 Å². The van der Waals surface area contributed by atoms with Gasteiger partial charge in [-0.1, -0.05) is 26.5 Å². The third kappa shape index (κ3) is 7.10. The van der Waals surface area contributed by atoms with Crippen molar-refractivity contribution in [3.05, 3.63) is 59.5 Å². The number of rotatable bonds is 10. The highest BCUT2D eigenvalue weighted by Crippen LogP contribution is 2.28. The van der Waals surface area contributed by atoms with Crippen molar-refractivity contribution in [2.45, 2.75) is 47.0 Å². The number of nitrogens with two attached hydrogens (primary N) is 1. The minimum atomic E-state index is -0.356. The van der Waals surface area contributed by atoms with Crippen molar-refractivity contribution in [3.8, 4) is 0 Å². The number of amidine groups is 1. The van der Waals surface area contributed by atoms with Crippen molar-refractivity contribution < 1.29 is 14.4 Å². The molecule has 0 bridgehead atoms. The molecule has 0 unspecified atom stereocenters. The van der Waals surface area contributed by atoms with Gasteiger partial charge in [0.15, 0.2) is 5.78 Å². The van der Waals surface area contributed by atoms with Gasteiger partial charge >= 0.3 is 0 Å². The molecule has 2 amide bonds. The Morgan fingerprint density at radius 1 is 1.21 bits per heavy atom. The number of hydrogen-bond donors (Lipinski definition) is 2. The standard InChI is InChI=1S/C26H33N5O3/c1-6-11-31(12-7-2)26(34)21-13-19-9-10-20(14-23(19)30-24(27)15-21)25(33)29-17(4)16-28-22(8-3)18(5)32/h8-10,13-14,16H,3,6-7,11-12,15H2,1-2,4-5H3,(H2,27,30)(H,29,33)/b17-16+,28-22+. The second kappa shape index (κ2) is 12.4. The van der Waals surface area contributed by atoms with Crippen LogP contribution in [0.4, 0.5) is 5.69 Å².